The fraction of sp³-hybridized carbons (Fsp3) is 0.200. The number of H-pyrrole nitrogens is 1. The molecule has 2 aromatic rings. The number of hydrogen-bond acceptors (Lipinski definition) is 6. The van der Waals surface area contributed by atoms with Gasteiger partial charge in [-0.2, -0.15) is 4.98 Å². The van der Waals surface area contributed by atoms with Crippen molar-refractivity contribution in [2.75, 3.05) is 16.4 Å². The smallest absolute Gasteiger partial charge is 0.279 e. The van der Waals surface area contributed by atoms with E-state index < -0.39 is 17.3 Å². The summed E-state index contributed by atoms with van der Waals surface area (Å²) in [4.78, 5) is 40.7. The Balaban J connectivity index is 1.98. The lowest BCUT2D eigenvalue weighted by molar-refractivity contribution is -0.114. The van der Waals surface area contributed by atoms with Crippen LogP contribution in [0.3, 0.4) is 0 Å². The molecule has 9 heteroatoms. The predicted octanol–water partition coefficient (Wildman–Crippen LogP) is 1.47. The Morgan fingerprint density at radius 3 is 2.50 bits per heavy atom. The van der Waals surface area contributed by atoms with E-state index in [4.69, 9.17) is 0 Å². The van der Waals surface area contributed by atoms with Crippen LogP contribution in [0.1, 0.15) is 12.5 Å². The summed E-state index contributed by atoms with van der Waals surface area (Å²) in [6, 6.07) is 7.32. The molecule has 8 nitrogen and oxygen atoms in total. The zero-order chi connectivity index (χ0) is 17.7. The highest BCUT2D eigenvalue weighted by Crippen LogP contribution is 2.20. The van der Waals surface area contributed by atoms with E-state index in [0.717, 1.165) is 17.3 Å². The SMILES string of the molecule is CC(=O)Nc1c(O)nc(SCC(=O)Nc2ccc(C)cc2)[nH]c1=O. The summed E-state index contributed by atoms with van der Waals surface area (Å²) in [5.41, 5.74) is 0.727. The van der Waals surface area contributed by atoms with Crippen LogP contribution in [0.15, 0.2) is 34.2 Å². The molecule has 4 N–H and O–H groups in total. The van der Waals surface area contributed by atoms with Crippen LogP contribution >= 0.6 is 11.8 Å². The number of carbonyl (C=O) groups excluding carboxylic acids is 2. The van der Waals surface area contributed by atoms with Crippen LogP contribution in [0, 0.1) is 6.92 Å². The fourth-order valence-corrected chi connectivity index (χ4v) is 2.42. The van der Waals surface area contributed by atoms with Gasteiger partial charge in [-0.15, -0.1) is 0 Å². The van der Waals surface area contributed by atoms with Gasteiger partial charge < -0.3 is 15.7 Å². The van der Waals surface area contributed by atoms with Gasteiger partial charge in [-0.05, 0) is 19.1 Å². The standard InChI is InChI=1S/C15H16N4O4S/c1-8-3-5-10(6-4-8)17-11(21)7-24-15-18-13(22)12(14(23)19-15)16-9(2)20/h3-6H,7H2,1-2H3,(H,16,20)(H,17,21)(H2,18,19,22,23). The summed E-state index contributed by atoms with van der Waals surface area (Å²) in [6.45, 7) is 3.15. The lowest BCUT2D eigenvalue weighted by Gasteiger charge is -2.07. The van der Waals surface area contributed by atoms with Gasteiger partial charge in [0.2, 0.25) is 17.7 Å². The zero-order valence-electron chi connectivity index (χ0n) is 13.0. The average molecular weight is 348 g/mol. The van der Waals surface area contributed by atoms with E-state index in [1.165, 1.54) is 6.92 Å². The van der Waals surface area contributed by atoms with Crippen molar-refractivity contribution >= 4 is 35.0 Å². The Morgan fingerprint density at radius 1 is 1.25 bits per heavy atom. The molecule has 0 saturated carbocycles. The minimum absolute atomic E-state index is 0.00423. The first kappa shape index (κ1) is 17.5. The highest BCUT2D eigenvalue weighted by Gasteiger charge is 2.13. The molecule has 1 aromatic heterocycles. The minimum Gasteiger partial charge on any atom is -0.492 e. The molecular weight excluding hydrogens is 332 g/mol. The number of amides is 2. The number of carbonyl (C=O) groups is 2. The van der Waals surface area contributed by atoms with Gasteiger partial charge in [0, 0.05) is 12.6 Å². The highest BCUT2D eigenvalue weighted by atomic mass is 32.2. The number of aryl methyl sites for hydroxylation is 1. The number of rotatable bonds is 5. The molecule has 0 bridgehead atoms. The van der Waals surface area contributed by atoms with Gasteiger partial charge in [-0.3, -0.25) is 19.4 Å². The maximum absolute atomic E-state index is 11.9. The lowest BCUT2D eigenvalue weighted by Crippen LogP contribution is -2.19. The van der Waals surface area contributed by atoms with Gasteiger partial charge in [-0.25, -0.2) is 0 Å². The first-order valence-corrected chi connectivity index (χ1v) is 7.94. The third-order valence-corrected chi connectivity index (χ3v) is 3.73. The van der Waals surface area contributed by atoms with E-state index in [2.05, 4.69) is 20.6 Å². The van der Waals surface area contributed by atoms with Crippen LogP contribution in [-0.2, 0) is 9.59 Å². The molecule has 0 radical (unpaired) electrons. The van der Waals surface area contributed by atoms with Gasteiger partial charge in [0.1, 0.15) is 0 Å². The molecule has 0 fully saturated rings. The molecule has 2 rings (SSSR count). The number of anilines is 2. The number of benzene rings is 1. The number of hydrogen-bond donors (Lipinski definition) is 4. The molecule has 0 atom stereocenters. The summed E-state index contributed by atoms with van der Waals surface area (Å²) in [5, 5.41) is 14.7. The summed E-state index contributed by atoms with van der Waals surface area (Å²) in [5.74, 6) is -1.39. The molecule has 0 aliphatic heterocycles. The lowest BCUT2D eigenvalue weighted by atomic mass is 10.2. The number of nitrogens with zero attached hydrogens (tertiary/aromatic N) is 1. The highest BCUT2D eigenvalue weighted by molar-refractivity contribution is 7.99. The van der Waals surface area contributed by atoms with Crippen LogP contribution in [0.2, 0.25) is 0 Å². The third kappa shape index (κ3) is 4.85. The molecule has 2 amide bonds. The third-order valence-electron chi connectivity index (χ3n) is 2.85. The van der Waals surface area contributed by atoms with Crippen LogP contribution in [0.25, 0.3) is 0 Å². The van der Waals surface area contributed by atoms with Crippen LogP contribution in [0.4, 0.5) is 11.4 Å². The first-order chi connectivity index (χ1) is 11.3. The number of aromatic nitrogens is 2. The molecule has 0 spiro atoms. The second-order valence-corrected chi connectivity index (χ2v) is 5.92. The summed E-state index contributed by atoms with van der Waals surface area (Å²) < 4.78 is 0. The first-order valence-electron chi connectivity index (χ1n) is 6.95. The largest absolute Gasteiger partial charge is 0.492 e. The number of aromatic amines is 1. The van der Waals surface area contributed by atoms with E-state index in [1.54, 1.807) is 12.1 Å². The van der Waals surface area contributed by atoms with E-state index in [-0.39, 0.29) is 22.5 Å². The Kier molecular flexibility index (Phi) is 5.59. The topological polar surface area (TPSA) is 124 Å². The van der Waals surface area contributed by atoms with Crippen molar-refractivity contribution in [3.05, 3.63) is 40.2 Å². The van der Waals surface area contributed by atoms with Crippen LogP contribution in [0.5, 0.6) is 5.88 Å². The Bertz CT molecular complexity index is 817. The number of aromatic hydroxyl groups is 1. The maximum Gasteiger partial charge on any atom is 0.279 e. The second-order valence-electron chi connectivity index (χ2n) is 4.95. The van der Waals surface area contributed by atoms with Gasteiger partial charge in [0.05, 0.1) is 5.75 Å². The molecular formula is C15H16N4O4S. The van der Waals surface area contributed by atoms with Crippen molar-refractivity contribution in [2.24, 2.45) is 0 Å². The quantitative estimate of drug-likeness (QED) is 0.479. The van der Waals surface area contributed by atoms with E-state index in [1.807, 2.05) is 19.1 Å². The van der Waals surface area contributed by atoms with E-state index in [0.29, 0.717) is 5.69 Å². The number of nitrogens with one attached hydrogen (secondary N) is 3. The van der Waals surface area contributed by atoms with Crippen molar-refractivity contribution in [1.29, 1.82) is 0 Å². The number of thioether (sulfide) groups is 1. The predicted molar refractivity (Wildman–Crippen MR) is 91.4 cm³/mol. The molecule has 0 aliphatic carbocycles. The zero-order valence-corrected chi connectivity index (χ0v) is 13.9. The van der Waals surface area contributed by atoms with Crippen molar-refractivity contribution in [3.63, 3.8) is 0 Å². The monoisotopic (exact) mass is 348 g/mol. The molecule has 1 heterocycles. The van der Waals surface area contributed by atoms with Crippen molar-refractivity contribution in [3.8, 4) is 5.88 Å². The van der Waals surface area contributed by atoms with Crippen molar-refractivity contribution < 1.29 is 14.7 Å². The van der Waals surface area contributed by atoms with Gasteiger partial charge in [-0.1, -0.05) is 29.5 Å². The Hall–Kier alpha value is -2.81. The summed E-state index contributed by atoms with van der Waals surface area (Å²) in [7, 11) is 0. The normalized spacial score (nSPS) is 10.2. The van der Waals surface area contributed by atoms with Crippen molar-refractivity contribution in [1.82, 2.24) is 9.97 Å². The Labute approximate surface area is 141 Å². The summed E-state index contributed by atoms with van der Waals surface area (Å²) >= 11 is 0.955. The maximum atomic E-state index is 11.9. The fourth-order valence-electron chi connectivity index (χ4n) is 1.77. The van der Waals surface area contributed by atoms with Crippen LogP contribution < -0.4 is 16.2 Å². The van der Waals surface area contributed by atoms with Gasteiger partial charge in [0.15, 0.2) is 10.8 Å². The molecule has 1 aromatic carbocycles. The van der Waals surface area contributed by atoms with Crippen LogP contribution in [-0.4, -0.2) is 32.6 Å². The van der Waals surface area contributed by atoms with Crippen molar-refractivity contribution in [2.45, 2.75) is 19.0 Å². The molecule has 0 aliphatic rings. The van der Waals surface area contributed by atoms with Gasteiger partial charge in [0.25, 0.3) is 5.56 Å². The minimum atomic E-state index is -0.695. The Morgan fingerprint density at radius 2 is 1.92 bits per heavy atom. The molecule has 0 unspecified atom stereocenters. The molecule has 0 saturated heterocycles. The van der Waals surface area contributed by atoms with E-state index >= 15 is 0 Å². The van der Waals surface area contributed by atoms with E-state index in [9.17, 15) is 19.5 Å². The molecule has 126 valence electrons. The molecule has 24 heavy (non-hydrogen) atoms. The average Bonchev–Trinajstić information content (AvgIpc) is 2.51. The summed E-state index contributed by atoms with van der Waals surface area (Å²) in [6.07, 6.45) is 0. The second kappa shape index (κ2) is 7.64. The van der Waals surface area contributed by atoms with Gasteiger partial charge >= 0.3 is 0 Å².